The van der Waals surface area contributed by atoms with Crippen LogP contribution in [0.25, 0.3) is 0 Å². The van der Waals surface area contributed by atoms with Gasteiger partial charge in [-0.15, -0.1) is 0 Å². The standard InChI is InChI=1S/C23H19NO4/c25-21(16-28-22(26)15-17-7-3-1-4-8-17)18-11-13-20(14-12-18)24-23(27)19-9-5-2-6-10-19/h1-14H,15-16H2,(H,24,27). The average Bonchev–Trinajstić information content (AvgIpc) is 2.74. The van der Waals surface area contributed by atoms with Crippen molar-refractivity contribution in [2.24, 2.45) is 0 Å². The number of hydrogen-bond donors (Lipinski definition) is 1. The number of hydrogen-bond acceptors (Lipinski definition) is 4. The van der Waals surface area contributed by atoms with Gasteiger partial charge in [0.15, 0.2) is 12.4 Å². The predicted octanol–water partition coefficient (Wildman–Crippen LogP) is 3.91. The SMILES string of the molecule is O=C(Cc1ccccc1)OCC(=O)c1ccc(NC(=O)c2ccccc2)cc1. The van der Waals surface area contributed by atoms with Crippen LogP contribution < -0.4 is 5.32 Å². The summed E-state index contributed by atoms with van der Waals surface area (Å²) in [5, 5.41) is 2.77. The Labute approximate surface area is 163 Å². The van der Waals surface area contributed by atoms with Crippen molar-refractivity contribution in [2.75, 3.05) is 11.9 Å². The van der Waals surface area contributed by atoms with E-state index in [-0.39, 0.29) is 24.7 Å². The topological polar surface area (TPSA) is 72.5 Å². The molecule has 0 aliphatic carbocycles. The lowest BCUT2D eigenvalue weighted by Crippen LogP contribution is -2.16. The third-order valence-corrected chi connectivity index (χ3v) is 4.06. The second-order valence-electron chi connectivity index (χ2n) is 6.14. The molecule has 0 aliphatic rings. The zero-order valence-electron chi connectivity index (χ0n) is 15.1. The van der Waals surface area contributed by atoms with Crippen molar-refractivity contribution in [1.29, 1.82) is 0 Å². The molecule has 1 amide bonds. The number of Topliss-reactive ketones (excluding diaryl/α,β-unsaturated/α-hetero) is 1. The van der Waals surface area contributed by atoms with Gasteiger partial charge < -0.3 is 10.1 Å². The summed E-state index contributed by atoms with van der Waals surface area (Å²) in [4.78, 5) is 36.2. The molecule has 0 saturated carbocycles. The van der Waals surface area contributed by atoms with E-state index in [9.17, 15) is 14.4 Å². The molecule has 5 nitrogen and oxygen atoms in total. The van der Waals surface area contributed by atoms with Crippen LogP contribution >= 0.6 is 0 Å². The Morgan fingerprint density at radius 1 is 0.714 bits per heavy atom. The second kappa shape index (κ2) is 9.28. The normalized spacial score (nSPS) is 10.1. The summed E-state index contributed by atoms with van der Waals surface area (Å²) in [6, 6.07) is 24.5. The van der Waals surface area contributed by atoms with Gasteiger partial charge >= 0.3 is 5.97 Å². The number of amides is 1. The zero-order chi connectivity index (χ0) is 19.8. The van der Waals surface area contributed by atoms with Gasteiger partial charge in [-0.3, -0.25) is 14.4 Å². The minimum Gasteiger partial charge on any atom is -0.457 e. The summed E-state index contributed by atoms with van der Waals surface area (Å²) < 4.78 is 5.06. The smallest absolute Gasteiger partial charge is 0.310 e. The maximum Gasteiger partial charge on any atom is 0.310 e. The number of rotatable bonds is 7. The molecule has 0 aliphatic heterocycles. The second-order valence-corrected chi connectivity index (χ2v) is 6.14. The molecule has 3 rings (SSSR count). The Morgan fingerprint density at radius 3 is 1.96 bits per heavy atom. The number of carbonyl (C=O) groups excluding carboxylic acids is 3. The molecule has 0 radical (unpaired) electrons. The number of anilines is 1. The summed E-state index contributed by atoms with van der Waals surface area (Å²) in [5.41, 5.74) is 2.36. The van der Waals surface area contributed by atoms with E-state index in [0.717, 1.165) is 5.56 Å². The molecule has 0 atom stereocenters. The number of ether oxygens (including phenoxy) is 1. The van der Waals surface area contributed by atoms with Crippen LogP contribution in [-0.4, -0.2) is 24.3 Å². The van der Waals surface area contributed by atoms with Crippen molar-refractivity contribution >= 4 is 23.3 Å². The van der Waals surface area contributed by atoms with Gasteiger partial charge in [-0.1, -0.05) is 48.5 Å². The molecule has 28 heavy (non-hydrogen) atoms. The fourth-order valence-electron chi connectivity index (χ4n) is 2.58. The minimum absolute atomic E-state index is 0.124. The van der Waals surface area contributed by atoms with Gasteiger partial charge in [0.25, 0.3) is 5.91 Å². The molecule has 5 heteroatoms. The number of benzene rings is 3. The molecule has 0 spiro atoms. The van der Waals surface area contributed by atoms with E-state index in [1.165, 1.54) is 0 Å². The van der Waals surface area contributed by atoms with E-state index >= 15 is 0 Å². The molecule has 140 valence electrons. The van der Waals surface area contributed by atoms with Crippen LogP contribution in [0.4, 0.5) is 5.69 Å². The summed E-state index contributed by atoms with van der Waals surface area (Å²) >= 11 is 0. The Morgan fingerprint density at radius 2 is 1.32 bits per heavy atom. The first-order valence-electron chi connectivity index (χ1n) is 8.81. The quantitative estimate of drug-likeness (QED) is 0.503. The molecule has 1 N–H and O–H groups in total. The van der Waals surface area contributed by atoms with Crippen molar-refractivity contribution in [1.82, 2.24) is 0 Å². The van der Waals surface area contributed by atoms with E-state index in [1.807, 2.05) is 36.4 Å². The minimum atomic E-state index is -0.453. The van der Waals surface area contributed by atoms with Crippen molar-refractivity contribution < 1.29 is 19.1 Å². The van der Waals surface area contributed by atoms with Gasteiger partial charge in [0.05, 0.1) is 6.42 Å². The molecule has 0 fully saturated rings. The summed E-state index contributed by atoms with van der Waals surface area (Å²) in [6.45, 7) is -0.318. The maximum atomic E-state index is 12.2. The molecule has 0 saturated heterocycles. The molecule has 0 heterocycles. The molecule has 0 bridgehead atoms. The van der Waals surface area contributed by atoms with E-state index in [4.69, 9.17) is 4.74 Å². The fourth-order valence-corrected chi connectivity index (χ4v) is 2.58. The van der Waals surface area contributed by atoms with Crippen LogP contribution in [0.1, 0.15) is 26.3 Å². The van der Waals surface area contributed by atoms with Gasteiger partial charge in [-0.25, -0.2) is 0 Å². The van der Waals surface area contributed by atoms with Crippen molar-refractivity contribution in [3.8, 4) is 0 Å². The number of nitrogens with one attached hydrogen (secondary N) is 1. The largest absolute Gasteiger partial charge is 0.457 e. The summed E-state index contributed by atoms with van der Waals surface area (Å²) in [7, 11) is 0. The van der Waals surface area contributed by atoms with Gasteiger partial charge in [0.2, 0.25) is 0 Å². The average molecular weight is 373 g/mol. The van der Waals surface area contributed by atoms with E-state index < -0.39 is 5.97 Å². The molecule has 0 unspecified atom stereocenters. The van der Waals surface area contributed by atoms with Gasteiger partial charge in [0.1, 0.15) is 0 Å². The molecule has 3 aromatic carbocycles. The van der Waals surface area contributed by atoms with E-state index in [1.54, 1.807) is 48.5 Å². The first-order chi connectivity index (χ1) is 13.6. The lowest BCUT2D eigenvalue weighted by atomic mass is 10.1. The van der Waals surface area contributed by atoms with Crippen molar-refractivity contribution in [3.05, 3.63) is 102 Å². The Hall–Kier alpha value is -3.73. The highest BCUT2D eigenvalue weighted by Crippen LogP contribution is 2.12. The first kappa shape index (κ1) is 19.0. The highest BCUT2D eigenvalue weighted by molar-refractivity contribution is 6.04. The van der Waals surface area contributed by atoms with Crippen LogP contribution in [0, 0.1) is 0 Å². The Kier molecular flexibility index (Phi) is 6.31. The van der Waals surface area contributed by atoms with E-state index in [2.05, 4.69) is 5.32 Å². The number of esters is 1. The third-order valence-electron chi connectivity index (χ3n) is 4.06. The van der Waals surface area contributed by atoms with Crippen LogP contribution in [0.5, 0.6) is 0 Å². The first-order valence-corrected chi connectivity index (χ1v) is 8.81. The van der Waals surface area contributed by atoms with Crippen LogP contribution in [0.15, 0.2) is 84.9 Å². The number of ketones is 1. The highest BCUT2D eigenvalue weighted by Gasteiger charge is 2.11. The van der Waals surface area contributed by atoms with Gasteiger partial charge in [0, 0.05) is 16.8 Å². The lowest BCUT2D eigenvalue weighted by Gasteiger charge is -2.07. The Bertz CT molecular complexity index is 951. The van der Waals surface area contributed by atoms with Crippen LogP contribution in [-0.2, 0) is 16.0 Å². The summed E-state index contributed by atoms with van der Waals surface area (Å²) in [6.07, 6.45) is 0.124. The Balaban J connectivity index is 1.51. The predicted molar refractivity (Wildman–Crippen MR) is 106 cm³/mol. The number of carbonyl (C=O) groups is 3. The molecule has 3 aromatic rings. The van der Waals surface area contributed by atoms with Crippen molar-refractivity contribution in [3.63, 3.8) is 0 Å². The van der Waals surface area contributed by atoms with Gasteiger partial charge in [-0.05, 0) is 42.0 Å². The molecular weight excluding hydrogens is 354 g/mol. The highest BCUT2D eigenvalue weighted by atomic mass is 16.5. The van der Waals surface area contributed by atoms with Crippen LogP contribution in [0.3, 0.4) is 0 Å². The van der Waals surface area contributed by atoms with Crippen LogP contribution in [0.2, 0.25) is 0 Å². The van der Waals surface area contributed by atoms with Gasteiger partial charge in [-0.2, -0.15) is 0 Å². The fraction of sp³-hybridized carbons (Fsp3) is 0.0870. The third kappa shape index (κ3) is 5.38. The zero-order valence-corrected chi connectivity index (χ0v) is 15.1. The molecule has 0 aromatic heterocycles. The molecular formula is C23H19NO4. The van der Waals surface area contributed by atoms with E-state index in [0.29, 0.717) is 16.8 Å². The van der Waals surface area contributed by atoms with Crippen molar-refractivity contribution in [2.45, 2.75) is 6.42 Å². The summed E-state index contributed by atoms with van der Waals surface area (Å²) in [5.74, 6) is -0.983. The maximum absolute atomic E-state index is 12.2. The monoisotopic (exact) mass is 373 g/mol. The lowest BCUT2D eigenvalue weighted by molar-refractivity contribution is -0.141.